The molecule has 0 bridgehead atoms. The van der Waals surface area contributed by atoms with E-state index < -0.39 is 5.60 Å². The van der Waals surface area contributed by atoms with Crippen molar-refractivity contribution in [1.82, 2.24) is 10.2 Å². The Morgan fingerprint density at radius 1 is 1.09 bits per heavy atom. The number of ether oxygens (including phenoxy) is 1. The molecule has 2 aliphatic carbocycles. The average Bonchev–Trinajstić information content (AvgIpc) is 3.24. The van der Waals surface area contributed by atoms with Crippen LogP contribution in [0.3, 0.4) is 0 Å². The minimum atomic E-state index is -1.42. The maximum atomic E-state index is 13.4. The average molecular weight is 449 g/mol. The molecule has 3 fully saturated rings. The van der Waals surface area contributed by atoms with Crippen molar-refractivity contribution in [3.63, 3.8) is 0 Å². The van der Waals surface area contributed by atoms with Gasteiger partial charge in [-0.15, -0.1) is 0 Å². The maximum Gasteiger partial charge on any atom is 0.257 e. The summed E-state index contributed by atoms with van der Waals surface area (Å²) in [5.41, 5.74) is 0.532. The summed E-state index contributed by atoms with van der Waals surface area (Å²) in [5, 5.41) is 14.9. The lowest BCUT2D eigenvalue weighted by Crippen LogP contribution is -2.51. The van der Waals surface area contributed by atoms with E-state index in [1.54, 1.807) is 0 Å². The van der Waals surface area contributed by atoms with Crippen LogP contribution in [0.25, 0.3) is 0 Å². The molecule has 1 aliphatic heterocycles. The van der Waals surface area contributed by atoms with Gasteiger partial charge in [-0.2, -0.15) is 0 Å². The Morgan fingerprint density at radius 2 is 1.82 bits per heavy atom. The molecule has 2 aromatic carbocycles. The topological polar surface area (TPSA) is 61.8 Å². The van der Waals surface area contributed by atoms with E-state index in [4.69, 9.17) is 4.74 Å². The minimum absolute atomic E-state index is 0.00314. The summed E-state index contributed by atoms with van der Waals surface area (Å²) in [7, 11) is 0. The van der Waals surface area contributed by atoms with Gasteiger partial charge in [0.25, 0.3) is 5.91 Å². The van der Waals surface area contributed by atoms with Crippen LogP contribution < -0.4 is 10.1 Å². The Labute approximate surface area is 197 Å². The van der Waals surface area contributed by atoms with Gasteiger partial charge in [-0.3, -0.25) is 4.79 Å². The van der Waals surface area contributed by atoms with Crippen LogP contribution in [0.2, 0.25) is 0 Å². The van der Waals surface area contributed by atoms with Crippen LogP contribution in [0.15, 0.2) is 54.6 Å². The standard InChI is InChI=1S/C28H36N2O3/c1-20-9-7-14-23(17-20)33-16-8-15-30-18-24-25(19-30)26(24)29-27(31)28(32,22-12-5-6-13-22)21-10-3-2-4-11-21/h2-4,7,9-11,14,17,22,24-26,32H,5-6,8,12-13,15-16,18-19H2,1H3,(H,29,31)/t24-,25?,26+,28?/m0/s1. The number of rotatable bonds is 9. The molecule has 2 aromatic rings. The third-order valence-corrected chi connectivity index (χ3v) is 7.95. The van der Waals surface area contributed by atoms with Crippen molar-refractivity contribution in [2.75, 3.05) is 26.2 Å². The first-order valence-electron chi connectivity index (χ1n) is 12.6. The van der Waals surface area contributed by atoms with Gasteiger partial charge < -0.3 is 20.1 Å². The second-order valence-electron chi connectivity index (χ2n) is 10.2. The molecule has 3 aliphatic rings. The summed E-state index contributed by atoms with van der Waals surface area (Å²) in [6, 6.07) is 17.9. The number of carbonyl (C=O) groups is 1. The normalized spacial score (nSPS) is 26.5. The molecule has 1 amide bonds. The second-order valence-corrected chi connectivity index (χ2v) is 10.2. The van der Waals surface area contributed by atoms with Gasteiger partial charge in [-0.1, -0.05) is 55.3 Å². The Balaban J connectivity index is 1.10. The molecule has 2 unspecified atom stereocenters. The predicted molar refractivity (Wildman–Crippen MR) is 129 cm³/mol. The highest BCUT2D eigenvalue weighted by Crippen LogP contribution is 2.47. The van der Waals surface area contributed by atoms with E-state index in [0.29, 0.717) is 11.8 Å². The smallest absolute Gasteiger partial charge is 0.257 e. The highest BCUT2D eigenvalue weighted by Gasteiger charge is 2.58. The van der Waals surface area contributed by atoms with Crippen LogP contribution in [-0.2, 0) is 10.4 Å². The number of nitrogens with zero attached hydrogens (tertiary/aromatic N) is 1. The number of fused-ring (bicyclic) bond motifs is 1. The highest BCUT2D eigenvalue weighted by atomic mass is 16.5. The van der Waals surface area contributed by atoms with Crippen LogP contribution in [0.1, 0.15) is 43.2 Å². The molecule has 0 spiro atoms. The van der Waals surface area contributed by atoms with E-state index in [0.717, 1.165) is 69.7 Å². The van der Waals surface area contributed by atoms with Gasteiger partial charge in [0.15, 0.2) is 5.60 Å². The summed E-state index contributed by atoms with van der Waals surface area (Å²) in [6.45, 7) is 5.87. The first kappa shape index (κ1) is 22.4. The van der Waals surface area contributed by atoms with Gasteiger partial charge >= 0.3 is 0 Å². The monoisotopic (exact) mass is 448 g/mol. The van der Waals surface area contributed by atoms with E-state index in [2.05, 4.69) is 29.3 Å². The van der Waals surface area contributed by atoms with Gasteiger partial charge in [-0.25, -0.2) is 0 Å². The van der Waals surface area contributed by atoms with E-state index in [1.165, 1.54) is 5.56 Å². The minimum Gasteiger partial charge on any atom is -0.494 e. The lowest BCUT2D eigenvalue weighted by Gasteiger charge is -2.33. The quantitative estimate of drug-likeness (QED) is 0.572. The fourth-order valence-corrected chi connectivity index (χ4v) is 6.04. The third kappa shape index (κ3) is 4.67. The van der Waals surface area contributed by atoms with Crippen LogP contribution in [-0.4, -0.2) is 48.2 Å². The van der Waals surface area contributed by atoms with Crippen molar-refractivity contribution in [3.05, 3.63) is 65.7 Å². The largest absolute Gasteiger partial charge is 0.494 e. The predicted octanol–water partition coefficient (Wildman–Crippen LogP) is 3.89. The molecule has 176 valence electrons. The zero-order chi connectivity index (χ0) is 22.8. The number of amides is 1. The number of aliphatic hydroxyl groups is 1. The van der Waals surface area contributed by atoms with Crippen molar-refractivity contribution < 1.29 is 14.6 Å². The van der Waals surface area contributed by atoms with Crippen LogP contribution >= 0.6 is 0 Å². The van der Waals surface area contributed by atoms with E-state index in [1.807, 2.05) is 42.5 Å². The van der Waals surface area contributed by atoms with Crippen LogP contribution in [0.5, 0.6) is 5.75 Å². The summed E-state index contributed by atoms with van der Waals surface area (Å²) in [4.78, 5) is 15.9. The number of carbonyl (C=O) groups excluding carboxylic acids is 1. The van der Waals surface area contributed by atoms with Gasteiger partial charge in [0.2, 0.25) is 0 Å². The fourth-order valence-electron chi connectivity index (χ4n) is 6.04. The molecular formula is C28H36N2O3. The number of aryl methyl sites for hydroxylation is 1. The molecule has 2 saturated carbocycles. The molecule has 5 nitrogen and oxygen atoms in total. The first-order valence-corrected chi connectivity index (χ1v) is 12.6. The highest BCUT2D eigenvalue weighted by molar-refractivity contribution is 5.87. The third-order valence-electron chi connectivity index (χ3n) is 7.95. The van der Waals surface area contributed by atoms with E-state index in [-0.39, 0.29) is 17.9 Å². The van der Waals surface area contributed by atoms with Crippen molar-refractivity contribution in [3.8, 4) is 5.75 Å². The molecule has 33 heavy (non-hydrogen) atoms. The van der Waals surface area contributed by atoms with Crippen molar-refractivity contribution in [2.45, 2.75) is 50.7 Å². The summed E-state index contributed by atoms with van der Waals surface area (Å²) in [5.74, 6) is 1.77. The fraction of sp³-hybridized carbons (Fsp3) is 0.536. The second kappa shape index (κ2) is 9.47. The van der Waals surface area contributed by atoms with Gasteiger partial charge in [0.05, 0.1) is 6.61 Å². The Bertz CT molecular complexity index is 947. The summed E-state index contributed by atoms with van der Waals surface area (Å²) >= 11 is 0. The van der Waals surface area contributed by atoms with Gasteiger partial charge in [-0.05, 0) is 61.3 Å². The first-order chi connectivity index (χ1) is 16.1. The molecule has 1 saturated heterocycles. The molecule has 0 aromatic heterocycles. The Kier molecular flexibility index (Phi) is 6.44. The maximum absolute atomic E-state index is 13.4. The van der Waals surface area contributed by atoms with Crippen molar-refractivity contribution in [2.24, 2.45) is 17.8 Å². The molecule has 2 N–H and O–H groups in total. The number of nitrogens with one attached hydrogen (secondary N) is 1. The number of hydrogen-bond acceptors (Lipinski definition) is 4. The molecule has 1 heterocycles. The van der Waals surface area contributed by atoms with E-state index in [9.17, 15) is 9.90 Å². The SMILES string of the molecule is Cc1cccc(OCCCN2CC3[C@H](C2)[C@H]3NC(=O)C(O)(c2ccccc2)C2CCCC2)c1. The van der Waals surface area contributed by atoms with E-state index >= 15 is 0 Å². The van der Waals surface area contributed by atoms with Crippen LogP contribution in [0.4, 0.5) is 0 Å². The van der Waals surface area contributed by atoms with Crippen molar-refractivity contribution in [1.29, 1.82) is 0 Å². The molecule has 4 atom stereocenters. The Hall–Kier alpha value is -2.37. The number of benzene rings is 2. The molecular weight excluding hydrogens is 412 g/mol. The summed E-state index contributed by atoms with van der Waals surface area (Å²) in [6.07, 6.45) is 5.00. The van der Waals surface area contributed by atoms with Crippen LogP contribution in [0, 0.1) is 24.7 Å². The molecule has 5 heteroatoms. The lowest BCUT2D eigenvalue weighted by molar-refractivity contribution is -0.147. The molecule has 5 rings (SSSR count). The zero-order valence-corrected chi connectivity index (χ0v) is 19.6. The number of likely N-dealkylation sites (tertiary alicyclic amines) is 1. The van der Waals surface area contributed by atoms with Gasteiger partial charge in [0, 0.05) is 31.6 Å². The Morgan fingerprint density at radius 3 is 2.52 bits per heavy atom. The number of hydrogen-bond donors (Lipinski definition) is 2. The summed E-state index contributed by atoms with van der Waals surface area (Å²) < 4.78 is 5.88. The zero-order valence-electron chi connectivity index (χ0n) is 19.6. The van der Waals surface area contributed by atoms with Crippen molar-refractivity contribution >= 4 is 5.91 Å². The van der Waals surface area contributed by atoms with Gasteiger partial charge in [0.1, 0.15) is 5.75 Å². The lowest BCUT2D eigenvalue weighted by atomic mass is 9.79. The molecule has 0 radical (unpaired) electrons. The number of piperidine rings is 1.